The Hall–Kier alpha value is -1.50. The van der Waals surface area contributed by atoms with Gasteiger partial charge in [0.25, 0.3) is 0 Å². The van der Waals surface area contributed by atoms with Crippen LogP contribution >= 0.6 is 15.9 Å². The van der Waals surface area contributed by atoms with Crippen molar-refractivity contribution in [1.82, 2.24) is 0 Å². The van der Waals surface area contributed by atoms with Crippen LogP contribution in [0.25, 0.3) is 0 Å². The van der Waals surface area contributed by atoms with Gasteiger partial charge in [-0.05, 0) is 94.2 Å². The summed E-state index contributed by atoms with van der Waals surface area (Å²) in [5.74, 6) is -0.739. The molecule has 2 saturated carbocycles. The Morgan fingerprint density at radius 1 is 0.839 bits per heavy atom. The highest BCUT2D eigenvalue weighted by atomic mass is 79.9. The number of benzene rings is 1. The maximum absolute atomic E-state index is 13.0. The van der Waals surface area contributed by atoms with Crippen molar-refractivity contribution >= 4 is 27.9 Å². The Morgan fingerprint density at radius 3 is 1.71 bits per heavy atom. The van der Waals surface area contributed by atoms with Crippen LogP contribution in [0.3, 0.4) is 0 Å². The van der Waals surface area contributed by atoms with Crippen molar-refractivity contribution in [2.24, 2.45) is 0 Å². The summed E-state index contributed by atoms with van der Waals surface area (Å²) in [5, 5.41) is 0. The lowest BCUT2D eigenvalue weighted by atomic mass is 9.80. The van der Waals surface area contributed by atoms with Crippen molar-refractivity contribution in [3.05, 3.63) is 33.8 Å². The van der Waals surface area contributed by atoms with Gasteiger partial charge in [-0.1, -0.05) is 28.1 Å². The molecule has 0 heterocycles. The van der Waals surface area contributed by atoms with E-state index in [1.807, 2.05) is 0 Å². The second kappa shape index (κ2) is 10.9. The molecule has 7 heteroatoms. The van der Waals surface area contributed by atoms with Crippen molar-refractivity contribution in [2.75, 3.05) is 0 Å². The van der Waals surface area contributed by atoms with E-state index >= 15 is 0 Å². The largest absolute Gasteiger partial charge is 0.460 e. The minimum atomic E-state index is -1.58. The van der Waals surface area contributed by atoms with Crippen LogP contribution in [0.4, 0.5) is 8.78 Å². The quantitative estimate of drug-likeness (QED) is 0.429. The topological polar surface area (TPSA) is 52.6 Å². The van der Waals surface area contributed by atoms with E-state index in [1.165, 1.54) is 25.0 Å². The molecule has 0 N–H and O–H groups in total. The zero-order valence-corrected chi connectivity index (χ0v) is 19.7. The van der Waals surface area contributed by atoms with Crippen LogP contribution in [0.2, 0.25) is 0 Å². The molecule has 2 aliphatic carbocycles. The molecule has 2 aliphatic rings. The lowest BCUT2D eigenvalue weighted by molar-refractivity contribution is -0.156. The van der Waals surface area contributed by atoms with Crippen LogP contribution in [0.5, 0.6) is 0 Å². The zero-order chi connectivity index (χ0) is 22.5. The first kappa shape index (κ1) is 24.1. The summed E-state index contributed by atoms with van der Waals surface area (Å²) >= 11 is 3.74. The highest BCUT2D eigenvalue weighted by molar-refractivity contribution is 9.10. The average Bonchev–Trinajstić information content (AvgIpc) is 2.74. The maximum Gasteiger partial charge on any atom is 0.340 e. The van der Waals surface area contributed by atoms with E-state index in [1.54, 1.807) is 0 Å². The summed E-state index contributed by atoms with van der Waals surface area (Å²) in [4.78, 5) is 22.9. The minimum Gasteiger partial charge on any atom is -0.460 e. The van der Waals surface area contributed by atoms with Crippen LogP contribution < -0.4 is 0 Å². The number of rotatable bonds is 6. The van der Waals surface area contributed by atoms with Gasteiger partial charge in [-0.3, -0.25) is 0 Å². The van der Waals surface area contributed by atoms with Crippen molar-refractivity contribution in [3.8, 4) is 0 Å². The molecule has 1 aromatic rings. The molecule has 0 amide bonds. The van der Waals surface area contributed by atoms with E-state index in [-0.39, 0.29) is 12.2 Å². The Bertz CT molecular complexity index is 767. The summed E-state index contributed by atoms with van der Waals surface area (Å²) in [7, 11) is 0. The molecule has 0 aromatic heterocycles. The number of hydrogen-bond donors (Lipinski definition) is 0. The third-order valence-electron chi connectivity index (χ3n) is 6.50. The second-order valence-electron chi connectivity index (χ2n) is 8.83. The summed E-state index contributed by atoms with van der Waals surface area (Å²) < 4.78 is 37.6. The van der Waals surface area contributed by atoms with E-state index in [0.717, 1.165) is 55.8 Å². The molecule has 0 saturated heterocycles. The molecule has 2 fully saturated rings. The number of alkyl halides is 2. The Balaban J connectivity index is 1.52. The van der Waals surface area contributed by atoms with Gasteiger partial charge in [-0.25, -0.2) is 18.4 Å². The first-order valence-corrected chi connectivity index (χ1v) is 12.0. The number of carbonyl (C=O) groups excluding carboxylic acids is 2. The number of halogens is 3. The van der Waals surface area contributed by atoms with Crippen LogP contribution in [-0.4, -0.2) is 36.5 Å². The fourth-order valence-electron chi connectivity index (χ4n) is 4.65. The van der Waals surface area contributed by atoms with Gasteiger partial charge in [-0.2, -0.15) is 0 Å². The van der Waals surface area contributed by atoms with Crippen LogP contribution in [0, 0.1) is 0 Å². The van der Waals surface area contributed by atoms with Crippen LogP contribution in [-0.2, 0) is 19.1 Å². The molecule has 0 spiro atoms. The molecular formula is C24H31BrF2O4. The second-order valence-corrected chi connectivity index (χ2v) is 9.69. The summed E-state index contributed by atoms with van der Waals surface area (Å²) in [6, 6.07) is 6.54. The van der Waals surface area contributed by atoms with Gasteiger partial charge in [-0.15, -0.1) is 0 Å². The number of ether oxygens (including phenoxy) is 2. The number of carbonyl (C=O) groups is 2. The third-order valence-corrected chi connectivity index (χ3v) is 7.19. The van der Waals surface area contributed by atoms with Gasteiger partial charge >= 0.3 is 11.9 Å². The van der Waals surface area contributed by atoms with Gasteiger partial charge in [0.05, 0.1) is 0 Å². The average molecular weight is 501 g/mol. The molecule has 0 aliphatic heterocycles. The monoisotopic (exact) mass is 500 g/mol. The lowest BCUT2D eigenvalue weighted by Gasteiger charge is -2.31. The molecule has 0 radical (unpaired) electrons. The van der Waals surface area contributed by atoms with Crippen molar-refractivity contribution < 1.29 is 27.8 Å². The van der Waals surface area contributed by atoms with E-state index in [4.69, 9.17) is 9.47 Å². The van der Waals surface area contributed by atoms with Crippen molar-refractivity contribution in [3.63, 3.8) is 0 Å². The highest BCUT2D eigenvalue weighted by Crippen LogP contribution is 2.40. The van der Waals surface area contributed by atoms with Crippen LogP contribution in [0.1, 0.15) is 88.2 Å². The molecule has 4 nitrogen and oxygen atoms in total. The standard InChI is InChI=1S/C24H31BrF2O4/c1-14(26)23(28)30-19-8-3-16(4-9-19)18-7-12-21(22(25)13-18)17-5-10-20(11-6-17)31-24(29)15(2)27/h7,12-17,19-20H,3-6,8-11H2,1-2H3. The Labute approximate surface area is 191 Å². The Morgan fingerprint density at radius 2 is 1.29 bits per heavy atom. The normalized spacial score (nSPS) is 28.4. The summed E-state index contributed by atoms with van der Waals surface area (Å²) in [6.45, 7) is 2.41. The van der Waals surface area contributed by atoms with Crippen molar-refractivity contribution in [2.45, 2.75) is 102 Å². The summed E-state index contributed by atoms with van der Waals surface area (Å²) in [6.07, 6.45) is 3.10. The van der Waals surface area contributed by atoms with E-state index < -0.39 is 24.3 Å². The minimum absolute atomic E-state index is 0.186. The molecular weight excluding hydrogens is 470 g/mol. The lowest BCUT2D eigenvalue weighted by Crippen LogP contribution is -2.27. The molecule has 1 aromatic carbocycles. The molecule has 3 rings (SSSR count). The number of hydrogen-bond acceptors (Lipinski definition) is 4. The molecule has 172 valence electrons. The fourth-order valence-corrected chi connectivity index (χ4v) is 5.37. The van der Waals surface area contributed by atoms with Crippen LogP contribution in [0.15, 0.2) is 22.7 Å². The molecule has 2 unspecified atom stereocenters. The van der Waals surface area contributed by atoms with Crippen molar-refractivity contribution in [1.29, 1.82) is 0 Å². The Kier molecular flexibility index (Phi) is 8.48. The predicted octanol–water partition coefficient (Wildman–Crippen LogP) is 6.30. The molecule has 0 bridgehead atoms. The predicted molar refractivity (Wildman–Crippen MR) is 117 cm³/mol. The first-order valence-electron chi connectivity index (χ1n) is 11.2. The smallest absolute Gasteiger partial charge is 0.340 e. The van der Waals surface area contributed by atoms with Gasteiger partial charge in [0, 0.05) is 4.47 Å². The molecule has 31 heavy (non-hydrogen) atoms. The highest BCUT2D eigenvalue weighted by Gasteiger charge is 2.29. The van der Waals surface area contributed by atoms with Gasteiger partial charge in [0.2, 0.25) is 0 Å². The maximum atomic E-state index is 13.0. The van der Waals surface area contributed by atoms with E-state index in [0.29, 0.717) is 11.8 Å². The van der Waals surface area contributed by atoms with Gasteiger partial charge in [0.15, 0.2) is 12.3 Å². The SMILES string of the molecule is CC(F)C(=O)OC1CCC(c2ccc(C3CCC(OC(=O)C(C)F)CC3)c(Br)c2)CC1. The summed E-state index contributed by atoms with van der Waals surface area (Å²) in [5.41, 5.74) is 2.52. The molecule has 2 atom stereocenters. The number of esters is 2. The fraction of sp³-hybridized carbons (Fsp3) is 0.667. The van der Waals surface area contributed by atoms with E-state index in [9.17, 15) is 18.4 Å². The van der Waals surface area contributed by atoms with Gasteiger partial charge < -0.3 is 9.47 Å². The first-order chi connectivity index (χ1) is 14.7. The third kappa shape index (κ3) is 6.50. The van der Waals surface area contributed by atoms with Gasteiger partial charge in [0.1, 0.15) is 12.2 Å². The zero-order valence-electron chi connectivity index (χ0n) is 18.1. The van der Waals surface area contributed by atoms with E-state index in [2.05, 4.69) is 34.1 Å².